The van der Waals surface area contributed by atoms with E-state index < -0.39 is 0 Å². The van der Waals surface area contributed by atoms with E-state index in [1.165, 1.54) is 0 Å². The molecule has 2 N–H and O–H groups in total. The quantitative estimate of drug-likeness (QED) is 0.850. The lowest BCUT2D eigenvalue weighted by molar-refractivity contribution is 0.247. The van der Waals surface area contributed by atoms with Crippen molar-refractivity contribution in [1.82, 2.24) is 10.6 Å². The zero-order valence-electron chi connectivity index (χ0n) is 8.92. The second kappa shape index (κ2) is 4.61. The summed E-state index contributed by atoms with van der Waals surface area (Å²) < 4.78 is 5.34. The van der Waals surface area contributed by atoms with E-state index in [1.807, 2.05) is 25.1 Å². The Bertz CT molecular complexity index is 409. The molecular formula is C11H13ClN2O2. The molecule has 1 saturated heterocycles. The second-order valence-corrected chi connectivity index (χ2v) is 3.94. The first kappa shape index (κ1) is 11.1. The van der Waals surface area contributed by atoms with Crippen LogP contribution in [0.5, 0.6) is 5.75 Å². The molecule has 1 atom stereocenters. The van der Waals surface area contributed by atoms with Crippen molar-refractivity contribution in [2.24, 2.45) is 0 Å². The molecule has 5 heteroatoms. The Morgan fingerprint density at radius 2 is 2.38 bits per heavy atom. The van der Waals surface area contributed by atoms with Gasteiger partial charge < -0.3 is 15.4 Å². The van der Waals surface area contributed by atoms with Crippen molar-refractivity contribution in [3.8, 4) is 5.75 Å². The first-order valence-corrected chi connectivity index (χ1v) is 5.55. The standard InChI is InChI=1S/C11H13ClN2O2/c1-2-16-10-4-3-7(5-8(10)12)9-6-13-11(15)14-9/h3-5,9H,2,6H2,1H3,(H2,13,14,15). The van der Waals surface area contributed by atoms with Crippen molar-refractivity contribution in [2.45, 2.75) is 13.0 Å². The number of carbonyl (C=O) groups is 1. The summed E-state index contributed by atoms with van der Waals surface area (Å²) in [6.45, 7) is 3.08. The molecule has 1 unspecified atom stereocenters. The van der Waals surface area contributed by atoms with Crippen LogP contribution in [-0.4, -0.2) is 19.2 Å². The summed E-state index contributed by atoms with van der Waals surface area (Å²) in [6.07, 6.45) is 0. The molecule has 0 aromatic heterocycles. The van der Waals surface area contributed by atoms with E-state index in [1.54, 1.807) is 0 Å². The van der Waals surface area contributed by atoms with Crippen molar-refractivity contribution in [1.29, 1.82) is 0 Å². The van der Waals surface area contributed by atoms with Crippen LogP contribution in [0.25, 0.3) is 0 Å². The van der Waals surface area contributed by atoms with Gasteiger partial charge in [0.2, 0.25) is 0 Å². The lowest BCUT2D eigenvalue weighted by Crippen LogP contribution is -2.21. The van der Waals surface area contributed by atoms with Gasteiger partial charge in [-0.05, 0) is 24.6 Å². The highest BCUT2D eigenvalue weighted by Crippen LogP contribution is 2.28. The Morgan fingerprint density at radius 1 is 1.56 bits per heavy atom. The highest BCUT2D eigenvalue weighted by Gasteiger charge is 2.21. The fraction of sp³-hybridized carbons (Fsp3) is 0.364. The predicted molar refractivity (Wildman–Crippen MR) is 61.9 cm³/mol. The van der Waals surface area contributed by atoms with E-state index in [0.29, 0.717) is 23.9 Å². The van der Waals surface area contributed by atoms with Gasteiger partial charge in [-0.15, -0.1) is 0 Å². The molecule has 1 aliphatic heterocycles. The van der Waals surface area contributed by atoms with Gasteiger partial charge in [0.25, 0.3) is 0 Å². The summed E-state index contributed by atoms with van der Waals surface area (Å²) >= 11 is 6.06. The van der Waals surface area contributed by atoms with Crippen LogP contribution in [0.1, 0.15) is 18.5 Å². The summed E-state index contributed by atoms with van der Waals surface area (Å²) in [7, 11) is 0. The van der Waals surface area contributed by atoms with Gasteiger partial charge in [-0.1, -0.05) is 17.7 Å². The molecule has 1 aromatic carbocycles. The largest absolute Gasteiger partial charge is 0.492 e. The Balaban J connectivity index is 2.17. The fourth-order valence-electron chi connectivity index (χ4n) is 1.66. The smallest absolute Gasteiger partial charge is 0.315 e. The summed E-state index contributed by atoms with van der Waals surface area (Å²) in [5, 5.41) is 6.07. The van der Waals surface area contributed by atoms with Crippen LogP contribution in [0.3, 0.4) is 0 Å². The number of halogens is 1. The Morgan fingerprint density at radius 3 is 2.94 bits per heavy atom. The zero-order chi connectivity index (χ0) is 11.5. The molecule has 0 radical (unpaired) electrons. The van der Waals surface area contributed by atoms with Crippen molar-refractivity contribution < 1.29 is 9.53 Å². The SMILES string of the molecule is CCOc1ccc(C2CNC(=O)N2)cc1Cl. The summed E-state index contributed by atoms with van der Waals surface area (Å²) in [5.41, 5.74) is 0.979. The molecule has 1 fully saturated rings. The number of hydrogen-bond acceptors (Lipinski definition) is 2. The first-order valence-electron chi connectivity index (χ1n) is 5.17. The topological polar surface area (TPSA) is 50.4 Å². The van der Waals surface area contributed by atoms with Crippen molar-refractivity contribution in [3.05, 3.63) is 28.8 Å². The number of benzene rings is 1. The van der Waals surface area contributed by atoms with Gasteiger partial charge in [-0.25, -0.2) is 4.79 Å². The Hall–Kier alpha value is -1.42. The molecule has 16 heavy (non-hydrogen) atoms. The average Bonchev–Trinajstić information content (AvgIpc) is 2.68. The second-order valence-electron chi connectivity index (χ2n) is 3.53. The van der Waals surface area contributed by atoms with Crippen molar-refractivity contribution in [3.63, 3.8) is 0 Å². The molecule has 0 spiro atoms. The third kappa shape index (κ3) is 2.22. The van der Waals surface area contributed by atoms with Crippen LogP contribution >= 0.6 is 11.6 Å². The van der Waals surface area contributed by atoms with E-state index in [-0.39, 0.29) is 12.1 Å². The van der Waals surface area contributed by atoms with Crippen LogP contribution in [0.15, 0.2) is 18.2 Å². The monoisotopic (exact) mass is 240 g/mol. The maximum Gasteiger partial charge on any atom is 0.315 e. The van der Waals surface area contributed by atoms with Crippen LogP contribution in [-0.2, 0) is 0 Å². The van der Waals surface area contributed by atoms with Crippen LogP contribution < -0.4 is 15.4 Å². The number of urea groups is 1. The average molecular weight is 241 g/mol. The minimum absolute atomic E-state index is 0.0133. The van der Waals surface area contributed by atoms with Crippen molar-refractivity contribution >= 4 is 17.6 Å². The van der Waals surface area contributed by atoms with E-state index in [0.717, 1.165) is 5.56 Å². The number of nitrogens with one attached hydrogen (secondary N) is 2. The van der Waals surface area contributed by atoms with Gasteiger partial charge in [-0.3, -0.25) is 0 Å². The molecule has 4 nitrogen and oxygen atoms in total. The van der Waals surface area contributed by atoms with Gasteiger partial charge in [0.05, 0.1) is 17.7 Å². The van der Waals surface area contributed by atoms with E-state index >= 15 is 0 Å². The molecule has 0 bridgehead atoms. The van der Waals surface area contributed by atoms with E-state index in [9.17, 15) is 4.79 Å². The normalized spacial score (nSPS) is 19.1. The number of rotatable bonds is 3. The lowest BCUT2D eigenvalue weighted by atomic mass is 10.1. The molecule has 0 aliphatic carbocycles. The highest BCUT2D eigenvalue weighted by molar-refractivity contribution is 6.32. The van der Waals surface area contributed by atoms with Gasteiger partial charge >= 0.3 is 6.03 Å². The minimum atomic E-state index is -0.144. The Labute approximate surface area is 98.9 Å². The van der Waals surface area contributed by atoms with E-state index in [4.69, 9.17) is 16.3 Å². The maximum absolute atomic E-state index is 11.0. The van der Waals surface area contributed by atoms with Crippen LogP contribution in [0, 0.1) is 0 Å². The van der Waals surface area contributed by atoms with Gasteiger partial charge in [0.1, 0.15) is 5.75 Å². The first-order chi connectivity index (χ1) is 7.70. The molecule has 2 rings (SSSR count). The fourth-order valence-corrected chi connectivity index (χ4v) is 1.91. The predicted octanol–water partition coefficient (Wildman–Crippen LogP) is 2.09. The van der Waals surface area contributed by atoms with Crippen molar-refractivity contribution in [2.75, 3.05) is 13.2 Å². The van der Waals surface area contributed by atoms with Gasteiger partial charge in [0.15, 0.2) is 0 Å². The summed E-state index contributed by atoms with van der Waals surface area (Å²) in [6, 6.07) is 5.40. The Kier molecular flexibility index (Phi) is 3.19. The summed E-state index contributed by atoms with van der Waals surface area (Å²) in [4.78, 5) is 11.0. The molecule has 1 aliphatic rings. The molecule has 0 saturated carbocycles. The summed E-state index contributed by atoms with van der Waals surface area (Å²) in [5.74, 6) is 0.671. The molecule has 86 valence electrons. The van der Waals surface area contributed by atoms with Gasteiger partial charge in [0, 0.05) is 6.54 Å². The highest BCUT2D eigenvalue weighted by atomic mass is 35.5. The number of hydrogen-bond donors (Lipinski definition) is 2. The number of carbonyl (C=O) groups excluding carboxylic acids is 1. The zero-order valence-corrected chi connectivity index (χ0v) is 9.67. The van der Waals surface area contributed by atoms with Crippen LogP contribution in [0.4, 0.5) is 4.79 Å². The maximum atomic E-state index is 11.0. The molecule has 1 heterocycles. The minimum Gasteiger partial charge on any atom is -0.492 e. The van der Waals surface area contributed by atoms with E-state index in [2.05, 4.69) is 10.6 Å². The number of amides is 2. The van der Waals surface area contributed by atoms with Crippen LogP contribution in [0.2, 0.25) is 5.02 Å². The lowest BCUT2D eigenvalue weighted by Gasteiger charge is -2.11. The molecule has 1 aromatic rings. The molecular weight excluding hydrogens is 228 g/mol. The van der Waals surface area contributed by atoms with Gasteiger partial charge in [-0.2, -0.15) is 0 Å². The molecule has 2 amide bonds. The third-order valence-electron chi connectivity index (χ3n) is 2.43. The number of ether oxygens (including phenoxy) is 1. The third-order valence-corrected chi connectivity index (χ3v) is 2.73.